The van der Waals surface area contributed by atoms with Crippen molar-refractivity contribution in [3.8, 4) is 0 Å². The summed E-state index contributed by atoms with van der Waals surface area (Å²) in [4.78, 5) is 11.5. The number of carbonyl (C=O) groups is 1. The van der Waals surface area contributed by atoms with E-state index in [-0.39, 0.29) is 0 Å². The number of alkyl halides is 3. The number of thiophene rings is 1. The molecule has 0 aliphatic carbocycles. The number of hydrogen-bond donors (Lipinski definition) is 1. The third-order valence-corrected chi connectivity index (χ3v) is 5.20. The molecule has 9 heteroatoms. The van der Waals surface area contributed by atoms with Crippen LogP contribution in [0.15, 0.2) is 16.8 Å². The number of likely N-dealkylation sites (tertiary alicyclic amines) is 1. The first-order chi connectivity index (χ1) is 12.3. The first-order valence-corrected chi connectivity index (χ1v) is 9.54. The summed E-state index contributed by atoms with van der Waals surface area (Å²) in [6, 6.07) is 2.86. The minimum Gasteiger partial charge on any atom is -0.475 e. The molecule has 2 aliphatic rings. The predicted molar refractivity (Wildman–Crippen MR) is 91.2 cm³/mol. The quantitative estimate of drug-likeness (QED) is 0.827. The van der Waals surface area contributed by atoms with Crippen LogP contribution in [0.25, 0.3) is 0 Å². The van der Waals surface area contributed by atoms with E-state index >= 15 is 0 Å². The fourth-order valence-corrected chi connectivity index (χ4v) is 3.93. The monoisotopic (exact) mass is 395 g/mol. The zero-order valence-electron chi connectivity index (χ0n) is 14.6. The number of aliphatic carboxylic acids is 1. The van der Waals surface area contributed by atoms with Gasteiger partial charge in [0.25, 0.3) is 0 Å². The average molecular weight is 395 g/mol. The number of hydrogen-bond acceptors (Lipinski definition) is 5. The number of halogens is 3. The molecule has 0 spiro atoms. The van der Waals surface area contributed by atoms with Gasteiger partial charge in [-0.3, -0.25) is 4.90 Å². The van der Waals surface area contributed by atoms with Crippen LogP contribution in [0.1, 0.15) is 31.7 Å². The van der Waals surface area contributed by atoms with E-state index in [4.69, 9.17) is 19.4 Å². The Balaban J connectivity index is 0.000000298. The molecule has 2 saturated heterocycles. The Hall–Kier alpha value is -1.16. The van der Waals surface area contributed by atoms with Gasteiger partial charge in [0.05, 0.1) is 18.8 Å². The lowest BCUT2D eigenvalue weighted by atomic mass is 9.99. The highest BCUT2D eigenvalue weighted by Gasteiger charge is 2.39. The summed E-state index contributed by atoms with van der Waals surface area (Å²) in [6.07, 6.45) is -0.759. The van der Waals surface area contributed by atoms with Crippen LogP contribution in [0.2, 0.25) is 0 Å². The van der Waals surface area contributed by atoms with Crippen LogP contribution in [-0.4, -0.2) is 60.2 Å². The van der Waals surface area contributed by atoms with E-state index in [9.17, 15) is 13.2 Å². The van der Waals surface area contributed by atoms with Crippen molar-refractivity contribution in [2.75, 3.05) is 19.8 Å². The molecule has 0 aromatic carbocycles. The minimum atomic E-state index is -5.08. The van der Waals surface area contributed by atoms with Crippen molar-refractivity contribution in [3.63, 3.8) is 0 Å². The summed E-state index contributed by atoms with van der Waals surface area (Å²) in [5, 5.41) is 11.5. The Morgan fingerprint density at radius 2 is 2.15 bits per heavy atom. The summed E-state index contributed by atoms with van der Waals surface area (Å²) in [7, 11) is 0. The largest absolute Gasteiger partial charge is 0.490 e. The van der Waals surface area contributed by atoms with E-state index in [0.717, 1.165) is 26.2 Å². The van der Waals surface area contributed by atoms with E-state index in [1.54, 1.807) is 11.3 Å². The first-order valence-electron chi connectivity index (χ1n) is 8.59. The van der Waals surface area contributed by atoms with Crippen LogP contribution in [0.4, 0.5) is 13.2 Å². The molecule has 0 amide bonds. The lowest BCUT2D eigenvalue weighted by Crippen LogP contribution is -2.43. The smallest absolute Gasteiger partial charge is 0.475 e. The first kappa shape index (κ1) is 21.1. The second-order valence-electron chi connectivity index (χ2n) is 6.29. The topological polar surface area (TPSA) is 59.0 Å². The molecule has 0 unspecified atom stereocenters. The molecular weight excluding hydrogens is 371 g/mol. The molecule has 5 nitrogen and oxygen atoms in total. The van der Waals surface area contributed by atoms with Gasteiger partial charge < -0.3 is 14.6 Å². The van der Waals surface area contributed by atoms with Gasteiger partial charge in [-0.05, 0) is 48.6 Å². The molecule has 3 rings (SSSR count). The van der Waals surface area contributed by atoms with Crippen LogP contribution >= 0.6 is 11.3 Å². The molecule has 3 heterocycles. The van der Waals surface area contributed by atoms with Gasteiger partial charge in [-0.15, -0.1) is 0 Å². The molecule has 2 fully saturated rings. The van der Waals surface area contributed by atoms with Crippen LogP contribution in [0.3, 0.4) is 0 Å². The van der Waals surface area contributed by atoms with Gasteiger partial charge in [0.15, 0.2) is 0 Å². The number of nitrogens with zero attached hydrogens (tertiary/aromatic N) is 1. The van der Waals surface area contributed by atoms with Gasteiger partial charge in [-0.2, -0.15) is 24.5 Å². The van der Waals surface area contributed by atoms with Crippen LogP contribution in [-0.2, 0) is 20.8 Å². The van der Waals surface area contributed by atoms with Crippen molar-refractivity contribution in [2.24, 2.45) is 0 Å². The van der Waals surface area contributed by atoms with Gasteiger partial charge in [-0.25, -0.2) is 4.79 Å². The predicted octanol–water partition coefficient (Wildman–Crippen LogP) is 3.54. The van der Waals surface area contributed by atoms with Gasteiger partial charge in [0, 0.05) is 25.7 Å². The summed E-state index contributed by atoms with van der Waals surface area (Å²) in [6.45, 7) is 5.86. The summed E-state index contributed by atoms with van der Waals surface area (Å²) in [5.74, 6) is -2.76. The number of ether oxygens (including phenoxy) is 2. The highest BCUT2D eigenvalue weighted by atomic mass is 32.1. The van der Waals surface area contributed by atoms with E-state index in [1.807, 2.05) is 6.92 Å². The lowest BCUT2D eigenvalue weighted by molar-refractivity contribution is -0.192. The van der Waals surface area contributed by atoms with Gasteiger partial charge in [-0.1, -0.05) is 0 Å². The second-order valence-corrected chi connectivity index (χ2v) is 7.07. The third-order valence-electron chi connectivity index (χ3n) is 4.47. The fraction of sp³-hybridized carbons (Fsp3) is 0.706. The van der Waals surface area contributed by atoms with E-state index in [1.165, 1.54) is 24.9 Å². The Bertz CT molecular complexity index is 553. The Morgan fingerprint density at radius 3 is 2.73 bits per heavy atom. The lowest BCUT2D eigenvalue weighted by Gasteiger charge is -2.35. The Kier molecular flexibility index (Phi) is 7.87. The SMILES string of the molecule is CCOC[C@H]1CC[C@H]2[C@H](CCN2Cc2ccsc2)O1.O=C(O)C(F)(F)F. The number of rotatable bonds is 5. The molecule has 1 aromatic rings. The summed E-state index contributed by atoms with van der Waals surface area (Å²) >= 11 is 1.79. The zero-order valence-corrected chi connectivity index (χ0v) is 15.4. The van der Waals surface area contributed by atoms with Gasteiger partial charge in [0.1, 0.15) is 0 Å². The van der Waals surface area contributed by atoms with E-state index in [0.29, 0.717) is 18.2 Å². The number of carboxylic acids is 1. The number of carboxylic acid groups (broad SMARTS) is 1. The normalized spacial score (nSPS) is 26.1. The molecule has 0 saturated carbocycles. The third kappa shape index (κ3) is 6.22. The van der Waals surface area contributed by atoms with Crippen molar-refractivity contribution >= 4 is 17.3 Å². The van der Waals surface area contributed by atoms with E-state index in [2.05, 4.69) is 21.7 Å². The van der Waals surface area contributed by atoms with Gasteiger partial charge >= 0.3 is 12.1 Å². The standard InChI is InChI=1S/C15H23NO2S.C2HF3O2/c1-2-17-10-13-3-4-14-15(18-13)5-7-16(14)9-12-6-8-19-11-12;3-2(4,5)1(6)7/h6,8,11,13-15H,2-5,7,9-10H2,1H3;(H,6,7)/t13-,14+,15+;/m1./s1. The molecule has 26 heavy (non-hydrogen) atoms. The maximum atomic E-state index is 10.6. The van der Waals surface area contributed by atoms with Gasteiger partial charge in [0.2, 0.25) is 0 Å². The molecular formula is C17H24F3NO4S. The maximum Gasteiger partial charge on any atom is 0.490 e. The Labute approximate surface area is 154 Å². The highest BCUT2D eigenvalue weighted by Crippen LogP contribution is 2.32. The van der Waals surface area contributed by atoms with Crippen LogP contribution in [0.5, 0.6) is 0 Å². The van der Waals surface area contributed by atoms with Crippen molar-refractivity contribution in [1.82, 2.24) is 4.90 Å². The van der Waals surface area contributed by atoms with E-state index < -0.39 is 12.1 Å². The molecule has 1 N–H and O–H groups in total. The van der Waals surface area contributed by atoms with Crippen molar-refractivity contribution < 1.29 is 32.5 Å². The number of fused-ring (bicyclic) bond motifs is 1. The average Bonchev–Trinajstić information content (AvgIpc) is 3.23. The molecule has 0 bridgehead atoms. The molecule has 1 aromatic heterocycles. The second kappa shape index (κ2) is 9.68. The van der Waals surface area contributed by atoms with Crippen LogP contribution in [0, 0.1) is 0 Å². The van der Waals surface area contributed by atoms with Crippen molar-refractivity contribution in [1.29, 1.82) is 0 Å². The zero-order chi connectivity index (χ0) is 19.2. The summed E-state index contributed by atoms with van der Waals surface area (Å²) in [5.41, 5.74) is 1.45. The van der Waals surface area contributed by atoms with Crippen molar-refractivity contribution in [2.45, 2.75) is 57.2 Å². The maximum absolute atomic E-state index is 10.6. The Morgan fingerprint density at radius 1 is 1.42 bits per heavy atom. The summed E-state index contributed by atoms with van der Waals surface area (Å²) < 4.78 is 43.4. The highest BCUT2D eigenvalue weighted by molar-refractivity contribution is 7.07. The molecule has 148 valence electrons. The van der Waals surface area contributed by atoms with Crippen LogP contribution < -0.4 is 0 Å². The minimum absolute atomic E-state index is 0.322. The molecule has 0 radical (unpaired) electrons. The molecule has 2 aliphatic heterocycles. The molecule has 3 atom stereocenters. The van der Waals surface area contributed by atoms with Crippen molar-refractivity contribution in [3.05, 3.63) is 22.4 Å². The fourth-order valence-electron chi connectivity index (χ4n) is 3.27.